The van der Waals surface area contributed by atoms with Crippen molar-refractivity contribution in [3.63, 3.8) is 0 Å². The number of aryl methyl sites for hydroxylation is 1. The molecule has 4 nitrogen and oxygen atoms in total. The minimum absolute atomic E-state index is 0.141. The van der Waals surface area contributed by atoms with Gasteiger partial charge in [0.25, 0.3) is 0 Å². The number of rotatable bonds is 4. The number of hydrogen-bond acceptors (Lipinski definition) is 3. The third-order valence-electron chi connectivity index (χ3n) is 2.80. The predicted molar refractivity (Wildman–Crippen MR) is 67.7 cm³/mol. The van der Waals surface area contributed by atoms with Crippen LogP contribution in [0.1, 0.15) is 33.5 Å². The van der Waals surface area contributed by atoms with Gasteiger partial charge < -0.3 is 14.8 Å². The fraction of sp³-hybridized carbons (Fsp3) is 0.214. The molecule has 0 aliphatic rings. The molecule has 18 heavy (non-hydrogen) atoms. The van der Waals surface area contributed by atoms with E-state index >= 15 is 0 Å². The van der Waals surface area contributed by atoms with Crippen LogP contribution in [0.4, 0.5) is 0 Å². The van der Waals surface area contributed by atoms with Gasteiger partial charge in [-0.2, -0.15) is 0 Å². The van der Waals surface area contributed by atoms with Gasteiger partial charge in [-0.1, -0.05) is 12.1 Å². The summed E-state index contributed by atoms with van der Waals surface area (Å²) in [6.45, 7) is 1.88. The Morgan fingerprint density at radius 1 is 1.33 bits per heavy atom. The van der Waals surface area contributed by atoms with Crippen molar-refractivity contribution in [2.75, 3.05) is 7.05 Å². The van der Waals surface area contributed by atoms with Crippen LogP contribution in [0.25, 0.3) is 0 Å². The average molecular weight is 245 g/mol. The van der Waals surface area contributed by atoms with Crippen molar-refractivity contribution in [2.24, 2.45) is 0 Å². The first-order chi connectivity index (χ1) is 8.61. The summed E-state index contributed by atoms with van der Waals surface area (Å²) in [5.74, 6) is 0.680. The lowest BCUT2D eigenvalue weighted by Crippen LogP contribution is -2.17. The van der Waals surface area contributed by atoms with Gasteiger partial charge in [0.05, 0.1) is 11.6 Å². The topological polar surface area (TPSA) is 62.5 Å². The highest BCUT2D eigenvalue weighted by molar-refractivity contribution is 5.87. The van der Waals surface area contributed by atoms with Crippen LogP contribution in [0.2, 0.25) is 0 Å². The summed E-state index contributed by atoms with van der Waals surface area (Å²) in [6.07, 6.45) is 0. The Labute approximate surface area is 105 Å². The van der Waals surface area contributed by atoms with Crippen LogP contribution >= 0.6 is 0 Å². The highest BCUT2D eigenvalue weighted by Crippen LogP contribution is 2.24. The second-order valence-electron chi connectivity index (χ2n) is 4.10. The van der Waals surface area contributed by atoms with E-state index in [0.717, 1.165) is 17.1 Å². The molecule has 0 amide bonds. The minimum Gasteiger partial charge on any atom is -0.478 e. The number of benzene rings is 1. The Balaban J connectivity index is 2.38. The molecule has 94 valence electrons. The summed E-state index contributed by atoms with van der Waals surface area (Å²) in [5, 5.41) is 12.1. The van der Waals surface area contributed by atoms with Crippen LogP contribution in [-0.2, 0) is 0 Å². The lowest BCUT2D eigenvalue weighted by Gasteiger charge is -2.14. The van der Waals surface area contributed by atoms with Crippen LogP contribution in [-0.4, -0.2) is 18.1 Å². The smallest absolute Gasteiger partial charge is 0.335 e. The maximum atomic E-state index is 11.0. The first kappa shape index (κ1) is 12.4. The van der Waals surface area contributed by atoms with E-state index in [9.17, 15) is 4.79 Å². The van der Waals surface area contributed by atoms with Crippen molar-refractivity contribution < 1.29 is 14.3 Å². The summed E-state index contributed by atoms with van der Waals surface area (Å²) in [7, 11) is 1.82. The first-order valence-corrected chi connectivity index (χ1v) is 5.68. The number of carboxylic acid groups (broad SMARTS) is 1. The summed E-state index contributed by atoms with van der Waals surface area (Å²) in [4.78, 5) is 11.0. The first-order valence-electron chi connectivity index (χ1n) is 5.68. The van der Waals surface area contributed by atoms with E-state index in [-0.39, 0.29) is 11.6 Å². The van der Waals surface area contributed by atoms with Crippen LogP contribution in [0.15, 0.2) is 40.8 Å². The Morgan fingerprint density at radius 2 is 2.11 bits per heavy atom. The molecule has 0 bridgehead atoms. The summed E-state index contributed by atoms with van der Waals surface area (Å²) in [6, 6.07) is 10.5. The molecule has 0 radical (unpaired) electrons. The SMILES string of the molecule is CNC(c1cccc(C(=O)O)c1)c1ccc(C)o1. The van der Waals surface area contributed by atoms with Gasteiger partial charge in [-0.3, -0.25) is 0 Å². The Kier molecular flexibility index (Phi) is 3.48. The Bertz CT molecular complexity index is 560. The molecule has 0 spiro atoms. The fourth-order valence-electron chi connectivity index (χ4n) is 1.93. The molecule has 0 aliphatic heterocycles. The summed E-state index contributed by atoms with van der Waals surface area (Å²) < 4.78 is 5.58. The maximum absolute atomic E-state index is 11.0. The van der Waals surface area contributed by atoms with Crippen molar-refractivity contribution in [3.05, 3.63) is 59.0 Å². The molecule has 1 unspecified atom stereocenters. The van der Waals surface area contributed by atoms with Crippen LogP contribution in [0, 0.1) is 6.92 Å². The van der Waals surface area contributed by atoms with Crippen molar-refractivity contribution in [1.29, 1.82) is 0 Å². The lowest BCUT2D eigenvalue weighted by atomic mass is 10.0. The molecular formula is C14H15NO3. The van der Waals surface area contributed by atoms with Gasteiger partial charge >= 0.3 is 5.97 Å². The number of carbonyl (C=O) groups is 1. The molecule has 2 aromatic rings. The largest absolute Gasteiger partial charge is 0.478 e. The molecule has 0 saturated carbocycles. The van der Waals surface area contributed by atoms with Crippen molar-refractivity contribution in [1.82, 2.24) is 5.32 Å². The third-order valence-corrected chi connectivity index (χ3v) is 2.80. The zero-order valence-electron chi connectivity index (χ0n) is 10.3. The number of carboxylic acids is 1. The molecule has 2 rings (SSSR count). The molecular weight excluding hydrogens is 230 g/mol. The molecule has 1 aromatic carbocycles. The number of aromatic carboxylic acids is 1. The second-order valence-corrected chi connectivity index (χ2v) is 4.10. The zero-order valence-corrected chi connectivity index (χ0v) is 10.3. The molecule has 1 heterocycles. The quantitative estimate of drug-likeness (QED) is 0.869. The van der Waals surface area contributed by atoms with E-state index in [1.54, 1.807) is 18.2 Å². The van der Waals surface area contributed by atoms with E-state index < -0.39 is 5.97 Å². The van der Waals surface area contributed by atoms with Crippen LogP contribution < -0.4 is 5.32 Å². The molecule has 4 heteroatoms. The maximum Gasteiger partial charge on any atom is 0.335 e. The number of furan rings is 1. The standard InChI is InChI=1S/C14H15NO3/c1-9-6-7-12(18-9)13(15-2)10-4-3-5-11(8-10)14(16)17/h3-8,13,15H,1-2H3,(H,16,17). The van der Waals surface area contributed by atoms with Gasteiger partial charge in [0, 0.05) is 0 Å². The minimum atomic E-state index is -0.928. The van der Waals surface area contributed by atoms with Crippen LogP contribution in [0.5, 0.6) is 0 Å². The highest BCUT2D eigenvalue weighted by atomic mass is 16.4. The van der Waals surface area contributed by atoms with E-state index in [2.05, 4.69) is 5.32 Å². The van der Waals surface area contributed by atoms with Gasteiger partial charge in [-0.15, -0.1) is 0 Å². The normalized spacial score (nSPS) is 12.3. The lowest BCUT2D eigenvalue weighted by molar-refractivity contribution is 0.0696. The predicted octanol–water partition coefficient (Wildman–Crippen LogP) is 2.60. The van der Waals surface area contributed by atoms with E-state index in [4.69, 9.17) is 9.52 Å². The van der Waals surface area contributed by atoms with Gasteiger partial charge in [0.15, 0.2) is 0 Å². The van der Waals surface area contributed by atoms with E-state index in [1.807, 2.05) is 32.2 Å². The Morgan fingerprint density at radius 3 is 2.67 bits per heavy atom. The zero-order chi connectivity index (χ0) is 13.1. The fourth-order valence-corrected chi connectivity index (χ4v) is 1.93. The molecule has 1 aromatic heterocycles. The van der Waals surface area contributed by atoms with Crippen molar-refractivity contribution in [3.8, 4) is 0 Å². The molecule has 0 saturated heterocycles. The Hall–Kier alpha value is -2.07. The number of hydrogen-bond donors (Lipinski definition) is 2. The molecule has 0 aliphatic carbocycles. The van der Waals surface area contributed by atoms with Crippen molar-refractivity contribution in [2.45, 2.75) is 13.0 Å². The monoisotopic (exact) mass is 245 g/mol. The van der Waals surface area contributed by atoms with Gasteiger partial charge in [0.1, 0.15) is 11.5 Å². The van der Waals surface area contributed by atoms with Crippen LogP contribution in [0.3, 0.4) is 0 Å². The summed E-state index contributed by atoms with van der Waals surface area (Å²) >= 11 is 0. The molecule has 1 atom stereocenters. The van der Waals surface area contributed by atoms with E-state index in [1.165, 1.54) is 0 Å². The van der Waals surface area contributed by atoms with E-state index in [0.29, 0.717) is 0 Å². The average Bonchev–Trinajstić information content (AvgIpc) is 2.77. The third kappa shape index (κ3) is 2.43. The van der Waals surface area contributed by atoms with Gasteiger partial charge in [0.2, 0.25) is 0 Å². The second kappa shape index (κ2) is 5.06. The number of nitrogens with one attached hydrogen (secondary N) is 1. The van der Waals surface area contributed by atoms with Crippen molar-refractivity contribution >= 4 is 5.97 Å². The van der Waals surface area contributed by atoms with Gasteiger partial charge in [-0.05, 0) is 43.8 Å². The van der Waals surface area contributed by atoms with Gasteiger partial charge in [-0.25, -0.2) is 4.79 Å². The summed E-state index contributed by atoms with van der Waals surface area (Å²) in [5.41, 5.74) is 1.14. The molecule has 2 N–H and O–H groups in total. The highest BCUT2D eigenvalue weighted by Gasteiger charge is 2.16. The molecule has 0 fully saturated rings.